The van der Waals surface area contributed by atoms with Crippen molar-refractivity contribution in [1.29, 1.82) is 0 Å². The summed E-state index contributed by atoms with van der Waals surface area (Å²) in [6.07, 6.45) is -0.203. The molecule has 4 nitrogen and oxygen atoms in total. The molecule has 1 saturated heterocycles. The maximum atomic E-state index is 11.6. The Morgan fingerprint density at radius 1 is 1.47 bits per heavy atom. The second-order valence-electron chi connectivity index (χ2n) is 4.78. The molecule has 1 aliphatic heterocycles. The molecule has 1 aliphatic rings. The van der Waals surface area contributed by atoms with E-state index in [1.54, 1.807) is 4.90 Å². The summed E-state index contributed by atoms with van der Waals surface area (Å²) >= 11 is 0. The fourth-order valence-electron chi connectivity index (χ4n) is 1.42. The molecule has 1 rings (SSSR count). The molecule has 0 aliphatic carbocycles. The third kappa shape index (κ3) is 5.23. The average molecular weight is 237 g/mol. The van der Waals surface area contributed by atoms with E-state index in [-0.39, 0.29) is 18.5 Å². The second-order valence-corrected chi connectivity index (χ2v) is 4.78. The maximum absolute atomic E-state index is 11.6. The van der Waals surface area contributed by atoms with Crippen LogP contribution in [-0.4, -0.2) is 42.3 Å². The van der Waals surface area contributed by atoms with E-state index in [1.165, 1.54) is 0 Å². The zero-order valence-electron chi connectivity index (χ0n) is 9.87. The summed E-state index contributed by atoms with van der Waals surface area (Å²) in [5, 5.41) is 3.28. The molecule has 0 aromatic rings. The molecule has 0 radical (unpaired) electrons. The van der Waals surface area contributed by atoms with E-state index in [9.17, 15) is 4.79 Å². The van der Waals surface area contributed by atoms with Crippen molar-refractivity contribution >= 4 is 18.5 Å². The Kier molecular flexibility index (Phi) is 5.38. The van der Waals surface area contributed by atoms with Crippen LogP contribution >= 0.6 is 12.4 Å². The van der Waals surface area contributed by atoms with Crippen LogP contribution in [0.5, 0.6) is 0 Å². The van der Waals surface area contributed by atoms with E-state index in [0.29, 0.717) is 6.04 Å². The molecule has 1 amide bonds. The lowest BCUT2D eigenvalue weighted by atomic mass is 10.2. The molecule has 1 N–H and O–H groups in total. The number of ether oxygens (including phenoxy) is 1. The number of nitrogens with one attached hydrogen (secondary N) is 1. The minimum Gasteiger partial charge on any atom is -0.444 e. The molecule has 1 heterocycles. The van der Waals surface area contributed by atoms with Crippen LogP contribution in [-0.2, 0) is 4.74 Å². The van der Waals surface area contributed by atoms with Gasteiger partial charge in [0.05, 0.1) is 0 Å². The van der Waals surface area contributed by atoms with E-state index < -0.39 is 5.60 Å². The first-order valence-electron chi connectivity index (χ1n) is 5.10. The van der Waals surface area contributed by atoms with Crippen molar-refractivity contribution in [2.75, 3.05) is 19.6 Å². The molecule has 0 aromatic heterocycles. The summed E-state index contributed by atoms with van der Waals surface area (Å²) in [6.45, 7) is 10.0. The van der Waals surface area contributed by atoms with Crippen LogP contribution in [0.15, 0.2) is 0 Å². The number of hydrogen-bond donors (Lipinski definition) is 1. The SMILES string of the molecule is C[C@@H]1CN(C(=O)OC(C)(C)C)CCN1.Cl. The number of halogens is 1. The standard InChI is InChI=1S/C10H20N2O2.ClH/c1-8-7-12(6-5-11-8)9(13)14-10(2,3)4;/h8,11H,5-7H2,1-4H3;1H/t8-;/m1./s1. The van der Waals surface area contributed by atoms with E-state index in [2.05, 4.69) is 12.2 Å². The fourth-order valence-corrected chi connectivity index (χ4v) is 1.42. The average Bonchev–Trinajstić information content (AvgIpc) is 2.01. The van der Waals surface area contributed by atoms with Gasteiger partial charge in [0.25, 0.3) is 0 Å². The summed E-state index contributed by atoms with van der Waals surface area (Å²) in [6, 6.07) is 0.358. The molecule has 5 heteroatoms. The van der Waals surface area contributed by atoms with Gasteiger partial charge in [-0.3, -0.25) is 0 Å². The Hall–Kier alpha value is -0.480. The van der Waals surface area contributed by atoms with Crippen molar-refractivity contribution < 1.29 is 9.53 Å². The predicted molar refractivity (Wildman–Crippen MR) is 62.5 cm³/mol. The molecule has 1 fully saturated rings. The largest absolute Gasteiger partial charge is 0.444 e. The van der Waals surface area contributed by atoms with Crippen LogP contribution in [0, 0.1) is 0 Å². The number of rotatable bonds is 0. The molecule has 1 atom stereocenters. The van der Waals surface area contributed by atoms with Gasteiger partial charge in [0.1, 0.15) is 5.60 Å². The van der Waals surface area contributed by atoms with Gasteiger partial charge >= 0.3 is 6.09 Å². The lowest BCUT2D eigenvalue weighted by Gasteiger charge is -2.33. The van der Waals surface area contributed by atoms with Crippen LogP contribution in [0.25, 0.3) is 0 Å². The molecular formula is C10H21ClN2O2. The Morgan fingerprint density at radius 3 is 2.53 bits per heavy atom. The highest BCUT2D eigenvalue weighted by molar-refractivity contribution is 5.85. The van der Waals surface area contributed by atoms with Gasteiger partial charge in [-0.05, 0) is 27.7 Å². The minimum absolute atomic E-state index is 0. The first-order chi connectivity index (χ1) is 6.38. The highest BCUT2D eigenvalue weighted by atomic mass is 35.5. The second kappa shape index (κ2) is 5.56. The summed E-state index contributed by atoms with van der Waals surface area (Å²) < 4.78 is 5.28. The number of carbonyl (C=O) groups excluding carboxylic acids is 1. The Bertz CT molecular complexity index is 216. The van der Waals surface area contributed by atoms with Gasteiger partial charge in [0.2, 0.25) is 0 Å². The van der Waals surface area contributed by atoms with Crippen molar-refractivity contribution in [1.82, 2.24) is 10.2 Å². The lowest BCUT2D eigenvalue weighted by Crippen LogP contribution is -2.52. The number of amides is 1. The first-order valence-corrected chi connectivity index (χ1v) is 5.10. The van der Waals surface area contributed by atoms with Gasteiger partial charge in [-0.2, -0.15) is 0 Å². The number of carbonyl (C=O) groups is 1. The lowest BCUT2D eigenvalue weighted by molar-refractivity contribution is 0.0201. The van der Waals surface area contributed by atoms with Gasteiger partial charge in [-0.1, -0.05) is 0 Å². The van der Waals surface area contributed by atoms with Gasteiger partial charge in [0.15, 0.2) is 0 Å². The predicted octanol–water partition coefficient (Wildman–Crippen LogP) is 1.64. The number of hydrogen-bond acceptors (Lipinski definition) is 3. The molecule has 0 saturated carbocycles. The van der Waals surface area contributed by atoms with E-state index in [4.69, 9.17) is 4.74 Å². The van der Waals surface area contributed by atoms with Crippen molar-refractivity contribution in [3.8, 4) is 0 Å². The van der Waals surface area contributed by atoms with E-state index >= 15 is 0 Å². The van der Waals surface area contributed by atoms with Gasteiger partial charge in [-0.25, -0.2) is 4.79 Å². The summed E-state index contributed by atoms with van der Waals surface area (Å²) in [4.78, 5) is 13.4. The Balaban J connectivity index is 0.00000196. The molecule has 15 heavy (non-hydrogen) atoms. The molecule has 0 spiro atoms. The monoisotopic (exact) mass is 236 g/mol. The molecule has 0 aromatic carbocycles. The smallest absolute Gasteiger partial charge is 0.410 e. The highest BCUT2D eigenvalue weighted by Crippen LogP contribution is 2.11. The summed E-state index contributed by atoms with van der Waals surface area (Å²) in [7, 11) is 0. The van der Waals surface area contributed by atoms with Crippen LogP contribution in [0.4, 0.5) is 4.79 Å². The van der Waals surface area contributed by atoms with Crippen molar-refractivity contribution in [2.24, 2.45) is 0 Å². The van der Waals surface area contributed by atoms with E-state index in [0.717, 1.165) is 19.6 Å². The van der Waals surface area contributed by atoms with Crippen molar-refractivity contribution in [2.45, 2.75) is 39.3 Å². The van der Waals surface area contributed by atoms with Crippen LogP contribution in [0.3, 0.4) is 0 Å². The Labute approximate surface area is 97.8 Å². The normalized spacial score (nSPS) is 21.9. The van der Waals surface area contributed by atoms with Crippen LogP contribution in [0.1, 0.15) is 27.7 Å². The summed E-state index contributed by atoms with van der Waals surface area (Å²) in [5.74, 6) is 0. The van der Waals surface area contributed by atoms with Crippen molar-refractivity contribution in [3.05, 3.63) is 0 Å². The molecular weight excluding hydrogens is 216 g/mol. The minimum atomic E-state index is -0.398. The maximum Gasteiger partial charge on any atom is 0.410 e. The van der Waals surface area contributed by atoms with Gasteiger partial charge in [0, 0.05) is 25.7 Å². The van der Waals surface area contributed by atoms with Gasteiger partial charge < -0.3 is 15.0 Å². The number of nitrogens with zero attached hydrogens (tertiary/aromatic N) is 1. The van der Waals surface area contributed by atoms with E-state index in [1.807, 2.05) is 20.8 Å². The van der Waals surface area contributed by atoms with Gasteiger partial charge in [-0.15, -0.1) is 12.4 Å². The van der Waals surface area contributed by atoms with Crippen LogP contribution in [0.2, 0.25) is 0 Å². The molecule has 90 valence electrons. The molecule has 0 unspecified atom stereocenters. The molecule has 0 bridgehead atoms. The fraction of sp³-hybridized carbons (Fsp3) is 0.900. The highest BCUT2D eigenvalue weighted by Gasteiger charge is 2.25. The zero-order chi connectivity index (χ0) is 10.8. The Morgan fingerprint density at radius 2 is 2.07 bits per heavy atom. The summed E-state index contributed by atoms with van der Waals surface area (Å²) in [5.41, 5.74) is -0.398. The first kappa shape index (κ1) is 14.5. The quantitative estimate of drug-likeness (QED) is 0.695. The zero-order valence-corrected chi connectivity index (χ0v) is 10.7. The van der Waals surface area contributed by atoms with Crippen molar-refractivity contribution in [3.63, 3.8) is 0 Å². The third-order valence-corrected chi connectivity index (χ3v) is 2.02. The topological polar surface area (TPSA) is 41.6 Å². The number of piperazine rings is 1. The third-order valence-electron chi connectivity index (χ3n) is 2.02. The van der Waals surface area contributed by atoms with Crippen LogP contribution < -0.4 is 5.32 Å².